The van der Waals surface area contributed by atoms with E-state index < -0.39 is 11.6 Å². The van der Waals surface area contributed by atoms with Crippen LogP contribution in [0.5, 0.6) is 17.6 Å². The van der Waals surface area contributed by atoms with Gasteiger partial charge in [0.15, 0.2) is 5.82 Å². The number of nitrogens with zero attached hydrogens (tertiary/aromatic N) is 5. The monoisotopic (exact) mass is 660 g/mol. The van der Waals surface area contributed by atoms with E-state index >= 15 is 8.78 Å². The molecule has 4 aromatic rings. The first-order chi connectivity index (χ1) is 23.3. The Bertz CT molecular complexity index is 1890. The Balaban J connectivity index is 1.26. The van der Waals surface area contributed by atoms with Crippen molar-refractivity contribution >= 4 is 27.5 Å². The van der Waals surface area contributed by atoms with Crippen molar-refractivity contribution in [3.05, 3.63) is 41.5 Å². The molecule has 0 amide bonds. The molecule has 2 saturated heterocycles. The molecule has 4 aliphatic rings. The van der Waals surface area contributed by atoms with E-state index in [2.05, 4.69) is 27.0 Å². The number of nitrogens with one attached hydrogen (secondary N) is 1. The summed E-state index contributed by atoms with van der Waals surface area (Å²) in [5.74, 6) is -0.489. The Hall–Kier alpha value is -3.87. The summed E-state index contributed by atoms with van der Waals surface area (Å²) < 4.78 is 44.9. The number of phenols is 1. The van der Waals surface area contributed by atoms with Gasteiger partial charge in [-0.3, -0.25) is 4.90 Å². The second-order valence-corrected chi connectivity index (χ2v) is 14.0. The number of likely N-dealkylation sites (tertiary alicyclic amines) is 1. The van der Waals surface area contributed by atoms with E-state index in [-0.39, 0.29) is 64.6 Å². The number of hydrogen-bond acceptors (Lipinski definition) is 10. The van der Waals surface area contributed by atoms with Crippen LogP contribution in [0.2, 0.25) is 0 Å². The van der Waals surface area contributed by atoms with Crippen molar-refractivity contribution in [2.75, 3.05) is 50.9 Å². The van der Waals surface area contributed by atoms with Crippen LogP contribution in [0.4, 0.5) is 14.6 Å². The summed E-state index contributed by atoms with van der Waals surface area (Å²) in [6.45, 7) is 7.90. The van der Waals surface area contributed by atoms with Gasteiger partial charge < -0.3 is 29.9 Å². The van der Waals surface area contributed by atoms with Crippen molar-refractivity contribution in [3.8, 4) is 28.9 Å². The Morgan fingerprint density at radius 2 is 1.98 bits per heavy atom. The predicted octanol–water partition coefficient (Wildman–Crippen LogP) is 4.96. The highest BCUT2D eigenvalue weighted by molar-refractivity contribution is 6.03. The fourth-order valence-corrected chi connectivity index (χ4v) is 7.90. The summed E-state index contributed by atoms with van der Waals surface area (Å²) in [6, 6.07) is 6.31. The molecule has 0 radical (unpaired) electrons. The minimum absolute atomic E-state index is 0.0120. The fraction of sp³-hybridized carbons (Fsp3) is 0.528. The molecule has 48 heavy (non-hydrogen) atoms. The zero-order chi connectivity index (χ0) is 33.2. The molecule has 3 atom stereocenters. The van der Waals surface area contributed by atoms with Gasteiger partial charge in [0.05, 0.1) is 19.3 Å². The SMILES string of the molecule is CCc1c(F)ccc2cc(O)cc(-c3nc4c5c(nc(OCC6(CN7CCC[C@@H]7CO)CC6)nc5c3F)N3C[C@@H](CC)NC[C@H]3CO4)c12. The quantitative estimate of drug-likeness (QED) is 0.228. The Morgan fingerprint density at radius 1 is 1.12 bits per heavy atom. The lowest BCUT2D eigenvalue weighted by molar-refractivity contribution is 0.113. The smallest absolute Gasteiger partial charge is 0.319 e. The first-order valence-electron chi connectivity index (χ1n) is 17.3. The lowest BCUT2D eigenvalue weighted by Crippen LogP contribution is -2.58. The number of piperazine rings is 1. The standard InChI is InChI=1S/C36H42F2N6O4/c1-3-21-15-44-23(14-39-21)17-47-34-29-32(30(38)31(40-34)26-13-24(46)12-20-7-8-27(37)25(4-2)28(20)26)41-35(42-33(29)44)48-19-36(9-10-36)18-43-11-5-6-22(43)16-45/h7-8,12-13,21-23,39,45-46H,3-6,9-11,14-19H2,1-2H3/t21-,22-,23+/m1/s1. The number of aliphatic hydroxyl groups excluding tert-OH is 1. The number of phenolic OH excluding ortho intramolecular Hbond substituents is 1. The summed E-state index contributed by atoms with van der Waals surface area (Å²) in [7, 11) is 0. The number of fused-ring (bicyclic) bond motifs is 3. The summed E-state index contributed by atoms with van der Waals surface area (Å²) in [6.07, 6.45) is 5.35. The lowest BCUT2D eigenvalue weighted by Gasteiger charge is -2.39. The van der Waals surface area contributed by atoms with Gasteiger partial charge in [-0.1, -0.05) is 19.9 Å². The molecule has 0 bridgehead atoms. The zero-order valence-electron chi connectivity index (χ0n) is 27.4. The number of ether oxygens (including phenoxy) is 2. The second-order valence-electron chi connectivity index (χ2n) is 14.0. The van der Waals surface area contributed by atoms with Crippen LogP contribution in [-0.4, -0.2) is 94.2 Å². The van der Waals surface area contributed by atoms with Crippen LogP contribution in [0.1, 0.15) is 51.5 Å². The molecular weight excluding hydrogens is 618 g/mol. The zero-order valence-corrected chi connectivity index (χ0v) is 27.4. The third kappa shape index (κ3) is 5.38. The summed E-state index contributed by atoms with van der Waals surface area (Å²) in [5, 5.41) is 25.6. The van der Waals surface area contributed by atoms with Crippen molar-refractivity contribution in [1.29, 1.82) is 0 Å². The van der Waals surface area contributed by atoms with E-state index in [4.69, 9.17) is 19.4 Å². The van der Waals surface area contributed by atoms with Crippen LogP contribution < -0.4 is 19.7 Å². The number of aliphatic hydroxyl groups is 1. The molecule has 1 aliphatic carbocycles. The van der Waals surface area contributed by atoms with Crippen LogP contribution in [0, 0.1) is 17.0 Å². The minimum Gasteiger partial charge on any atom is -0.508 e. The normalized spacial score (nSPS) is 23.3. The van der Waals surface area contributed by atoms with E-state index in [0.29, 0.717) is 60.3 Å². The van der Waals surface area contributed by atoms with Gasteiger partial charge in [-0.2, -0.15) is 9.97 Å². The van der Waals surface area contributed by atoms with E-state index in [9.17, 15) is 10.2 Å². The predicted molar refractivity (Wildman–Crippen MR) is 179 cm³/mol. The van der Waals surface area contributed by atoms with Gasteiger partial charge in [0.1, 0.15) is 40.6 Å². The highest BCUT2D eigenvalue weighted by atomic mass is 19.1. The van der Waals surface area contributed by atoms with Crippen LogP contribution in [0.25, 0.3) is 32.9 Å². The molecule has 5 heterocycles. The maximum Gasteiger partial charge on any atom is 0.319 e. The van der Waals surface area contributed by atoms with Crippen LogP contribution >= 0.6 is 0 Å². The van der Waals surface area contributed by atoms with Gasteiger partial charge in [-0.05, 0) is 79.6 Å². The number of aromatic hydroxyl groups is 1. The molecular formula is C36H42F2N6O4. The number of anilines is 1. The van der Waals surface area contributed by atoms with Gasteiger partial charge in [-0.25, -0.2) is 13.8 Å². The Kier molecular flexibility index (Phi) is 8.00. The van der Waals surface area contributed by atoms with E-state index in [1.54, 1.807) is 12.1 Å². The number of benzene rings is 2. The van der Waals surface area contributed by atoms with Crippen molar-refractivity contribution in [1.82, 2.24) is 25.2 Å². The number of rotatable bonds is 9. The van der Waals surface area contributed by atoms with E-state index in [1.165, 1.54) is 12.1 Å². The molecule has 10 nitrogen and oxygen atoms in total. The highest BCUT2D eigenvalue weighted by Crippen LogP contribution is 2.48. The summed E-state index contributed by atoms with van der Waals surface area (Å²) in [5.41, 5.74) is 0.540. The van der Waals surface area contributed by atoms with Crippen LogP contribution in [0.15, 0.2) is 24.3 Å². The van der Waals surface area contributed by atoms with Crippen LogP contribution in [0.3, 0.4) is 0 Å². The number of pyridine rings is 1. The number of aryl methyl sites for hydroxylation is 1. The van der Waals surface area contributed by atoms with Gasteiger partial charge in [0, 0.05) is 42.7 Å². The molecule has 254 valence electrons. The van der Waals surface area contributed by atoms with Crippen molar-refractivity contribution < 1.29 is 28.5 Å². The number of hydrogen-bond donors (Lipinski definition) is 3. The van der Waals surface area contributed by atoms with Crippen LogP contribution in [-0.2, 0) is 6.42 Å². The largest absolute Gasteiger partial charge is 0.508 e. The molecule has 1 saturated carbocycles. The molecule has 3 N–H and O–H groups in total. The topological polar surface area (TPSA) is 116 Å². The van der Waals surface area contributed by atoms with Gasteiger partial charge in [0.2, 0.25) is 5.88 Å². The average Bonchev–Trinajstić information content (AvgIpc) is 3.76. The molecule has 3 aliphatic heterocycles. The van der Waals surface area contributed by atoms with Gasteiger partial charge in [-0.15, -0.1) is 0 Å². The summed E-state index contributed by atoms with van der Waals surface area (Å²) in [4.78, 5) is 18.8. The maximum absolute atomic E-state index is 17.1. The maximum atomic E-state index is 17.1. The van der Waals surface area contributed by atoms with Crippen molar-refractivity contribution in [3.63, 3.8) is 0 Å². The first kappa shape index (κ1) is 31.4. The second kappa shape index (κ2) is 12.2. The van der Waals surface area contributed by atoms with Crippen molar-refractivity contribution in [2.24, 2.45) is 5.41 Å². The Morgan fingerprint density at radius 3 is 2.75 bits per heavy atom. The first-order valence-corrected chi connectivity index (χ1v) is 17.3. The average molecular weight is 661 g/mol. The van der Waals surface area contributed by atoms with Gasteiger partial charge >= 0.3 is 6.01 Å². The molecule has 12 heteroatoms. The Labute approximate surface area is 278 Å². The van der Waals surface area contributed by atoms with E-state index in [0.717, 1.165) is 45.2 Å². The minimum atomic E-state index is -0.714. The molecule has 3 fully saturated rings. The number of aromatic nitrogens is 3. The van der Waals surface area contributed by atoms with E-state index in [1.807, 2.05) is 6.92 Å². The van der Waals surface area contributed by atoms with Crippen molar-refractivity contribution in [2.45, 2.75) is 70.5 Å². The van der Waals surface area contributed by atoms with Gasteiger partial charge in [0.25, 0.3) is 0 Å². The molecule has 0 unspecified atom stereocenters. The fourth-order valence-electron chi connectivity index (χ4n) is 7.90. The summed E-state index contributed by atoms with van der Waals surface area (Å²) >= 11 is 0. The highest BCUT2D eigenvalue weighted by Gasteiger charge is 2.47. The molecule has 8 rings (SSSR count). The number of halogens is 2. The molecule has 2 aromatic heterocycles. The molecule has 2 aromatic carbocycles. The lowest BCUT2D eigenvalue weighted by atomic mass is 9.94. The third-order valence-electron chi connectivity index (χ3n) is 10.9. The third-order valence-corrected chi connectivity index (χ3v) is 10.9. The molecule has 0 spiro atoms.